The highest BCUT2D eigenvalue weighted by Crippen LogP contribution is 2.34. The van der Waals surface area contributed by atoms with Crippen molar-refractivity contribution in [3.8, 4) is 11.4 Å². The molecule has 4 aromatic heterocycles. The van der Waals surface area contributed by atoms with Crippen LogP contribution in [0.25, 0.3) is 27.8 Å². The maximum atomic E-state index is 13.4. The van der Waals surface area contributed by atoms with Crippen LogP contribution in [0, 0.1) is 5.92 Å². The molecule has 10 heteroatoms. The standard InChI is InChI=1S/C21H17ClF2N6O/c22-17-4-14-15(5-25-17)19(20(23)24)26-6-16(14)21-27-18-2-1-12(8-30(18)28-21)29-7-11-3-13(9-29)31-10-11/h1-2,4-6,8,11,13,20H,3,7,9-10H2. The maximum Gasteiger partial charge on any atom is 0.281 e. The first-order chi connectivity index (χ1) is 15.0. The van der Waals surface area contributed by atoms with E-state index in [9.17, 15) is 8.78 Å². The lowest BCUT2D eigenvalue weighted by Gasteiger charge is -2.31. The van der Waals surface area contributed by atoms with Crippen LogP contribution in [-0.2, 0) is 4.74 Å². The summed E-state index contributed by atoms with van der Waals surface area (Å²) in [5, 5.41) is 5.53. The van der Waals surface area contributed by atoms with Crippen LogP contribution in [0.5, 0.6) is 0 Å². The summed E-state index contributed by atoms with van der Waals surface area (Å²) in [7, 11) is 0. The van der Waals surface area contributed by atoms with Gasteiger partial charge in [-0.15, -0.1) is 5.10 Å². The SMILES string of the molecule is FC(F)c1ncc(-c2nc3ccc(N4CC5COC(C5)C4)cn3n2)c2cc(Cl)ncc12. The Bertz CT molecular complexity index is 1300. The molecule has 0 radical (unpaired) electrons. The molecular weight excluding hydrogens is 426 g/mol. The molecule has 0 aromatic carbocycles. The predicted octanol–water partition coefficient (Wildman–Crippen LogP) is 4.16. The molecule has 2 aliphatic rings. The summed E-state index contributed by atoms with van der Waals surface area (Å²) in [5.74, 6) is 0.949. The minimum Gasteiger partial charge on any atom is -0.376 e. The number of aromatic nitrogens is 5. The van der Waals surface area contributed by atoms with E-state index >= 15 is 0 Å². The highest BCUT2D eigenvalue weighted by molar-refractivity contribution is 6.30. The van der Waals surface area contributed by atoms with Crippen LogP contribution in [0.1, 0.15) is 18.5 Å². The van der Waals surface area contributed by atoms with E-state index in [1.807, 2.05) is 18.3 Å². The van der Waals surface area contributed by atoms with Gasteiger partial charge in [0.1, 0.15) is 10.8 Å². The lowest BCUT2D eigenvalue weighted by Crippen LogP contribution is -2.39. The van der Waals surface area contributed by atoms with Gasteiger partial charge >= 0.3 is 0 Å². The third-order valence-corrected chi connectivity index (χ3v) is 6.17. The average Bonchev–Trinajstić information content (AvgIpc) is 3.34. The molecule has 2 aliphatic heterocycles. The number of hydrogen-bond donors (Lipinski definition) is 0. The van der Waals surface area contributed by atoms with Gasteiger partial charge in [0.25, 0.3) is 6.43 Å². The van der Waals surface area contributed by atoms with Gasteiger partial charge in [0.15, 0.2) is 11.5 Å². The number of pyridine rings is 3. The summed E-state index contributed by atoms with van der Waals surface area (Å²) in [4.78, 5) is 14.8. The number of alkyl halides is 2. The van der Waals surface area contributed by atoms with Crippen molar-refractivity contribution in [3.63, 3.8) is 0 Å². The Labute approximate surface area is 180 Å². The Morgan fingerprint density at radius 2 is 2.03 bits per heavy atom. The van der Waals surface area contributed by atoms with Gasteiger partial charge in [0, 0.05) is 47.7 Å². The van der Waals surface area contributed by atoms with Crippen molar-refractivity contribution in [2.75, 3.05) is 24.6 Å². The molecular formula is C21H17ClF2N6O. The quantitative estimate of drug-likeness (QED) is 0.444. The van der Waals surface area contributed by atoms with Crippen LogP contribution in [0.3, 0.4) is 0 Å². The number of ether oxygens (including phenoxy) is 1. The smallest absolute Gasteiger partial charge is 0.281 e. The predicted molar refractivity (Wildman–Crippen MR) is 112 cm³/mol. The molecule has 2 atom stereocenters. The van der Waals surface area contributed by atoms with Crippen molar-refractivity contribution in [2.45, 2.75) is 19.0 Å². The molecule has 2 bridgehead atoms. The Morgan fingerprint density at radius 1 is 1.13 bits per heavy atom. The first-order valence-corrected chi connectivity index (χ1v) is 10.4. The molecule has 2 unspecified atom stereocenters. The van der Waals surface area contributed by atoms with Gasteiger partial charge in [-0.25, -0.2) is 23.3 Å². The van der Waals surface area contributed by atoms with Crippen LogP contribution < -0.4 is 4.90 Å². The summed E-state index contributed by atoms with van der Waals surface area (Å²) >= 11 is 6.04. The second-order valence-electron chi connectivity index (χ2n) is 8.00. The topological polar surface area (TPSA) is 68.4 Å². The number of anilines is 1. The van der Waals surface area contributed by atoms with E-state index in [0.29, 0.717) is 28.3 Å². The highest BCUT2D eigenvalue weighted by Gasteiger charge is 2.34. The summed E-state index contributed by atoms with van der Waals surface area (Å²) < 4.78 is 34.3. The number of fused-ring (bicyclic) bond motifs is 4. The summed E-state index contributed by atoms with van der Waals surface area (Å²) in [6, 6.07) is 5.47. The van der Waals surface area contributed by atoms with Gasteiger partial charge in [0.2, 0.25) is 0 Å². The van der Waals surface area contributed by atoms with Crippen molar-refractivity contribution < 1.29 is 13.5 Å². The minimum atomic E-state index is -2.72. The van der Waals surface area contributed by atoms with E-state index in [-0.39, 0.29) is 22.3 Å². The van der Waals surface area contributed by atoms with Crippen LogP contribution in [0.15, 0.2) is 36.8 Å². The van der Waals surface area contributed by atoms with Crippen molar-refractivity contribution >= 4 is 33.7 Å². The van der Waals surface area contributed by atoms with E-state index in [2.05, 4.69) is 25.0 Å². The van der Waals surface area contributed by atoms with Crippen LogP contribution >= 0.6 is 11.6 Å². The Hall–Kier alpha value is -2.91. The fourth-order valence-corrected chi connectivity index (χ4v) is 4.69. The van der Waals surface area contributed by atoms with Gasteiger partial charge in [-0.1, -0.05) is 11.6 Å². The molecule has 7 nitrogen and oxygen atoms in total. The molecule has 158 valence electrons. The van der Waals surface area contributed by atoms with E-state index in [4.69, 9.17) is 16.3 Å². The maximum absolute atomic E-state index is 13.4. The monoisotopic (exact) mass is 442 g/mol. The number of nitrogens with zero attached hydrogens (tertiary/aromatic N) is 6. The molecule has 0 N–H and O–H groups in total. The molecule has 6 heterocycles. The second kappa shape index (κ2) is 7.06. The number of piperidine rings is 1. The molecule has 31 heavy (non-hydrogen) atoms. The Balaban J connectivity index is 1.43. The zero-order valence-corrected chi connectivity index (χ0v) is 17.0. The normalized spacial score (nSPS) is 21.0. The van der Waals surface area contributed by atoms with E-state index in [1.54, 1.807) is 10.6 Å². The Morgan fingerprint density at radius 3 is 2.87 bits per heavy atom. The molecule has 0 amide bonds. The number of hydrogen-bond acceptors (Lipinski definition) is 6. The summed E-state index contributed by atoms with van der Waals surface area (Å²) in [6.07, 6.45) is 3.31. The molecule has 0 saturated carbocycles. The lowest BCUT2D eigenvalue weighted by molar-refractivity contribution is 0.119. The van der Waals surface area contributed by atoms with Crippen LogP contribution in [0.4, 0.5) is 14.5 Å². The molecule has 0 aliphatic carbocycles. The average molecular weight is 443 g/mol. The first-order valence-electron chi connectivity index (χ1n) is 10.0. The summed E-state index contributed by atoms with van der Waals surface area (Å²) in [5.41, 5.74) is 1.89. The fraction of sp³-hybridized carbons (Fsp3) is 0.333. The molecule has 6 rings (SSSR count). The third-order valence-electron chi connectivity index (χ3n) is 5.96. The van der Waals surface area contributed by atoms with E-state index in [1.165, 1.54) is 12.4 Å². The first kappa shape index (κ1) is 18.8. The number of rotatable bonds is 3. The van der Waals surface area contributed by atoms with Crippen molar-refractivity contribution in [3.05, 3.63) is 47.6 Å². The Kier molecular flexibility index (Phi) is 4.29. The van der Waals surface area contributed by atoms with Crippen molar-refractivity contribution in [2.24, 2.45) is 5.92 Å². The van der Waals surface area contributed by atoms with Gasteiger partial charge in [0.05, 0.1) is 24.6 Å². The fourth-order valence-electron chi connectivity index (χ4n) is 4.53. The second-order valence-corrected chi connectivity index (χ2v) is 8.39. The summed E-state index contributed by atoms with van der Waals surface area (Å²) in [6.45, 7) is 2.64. The van der Waals surface area contributed by atoms with Gasteiger partial charge in [-0.2, -0.15) is 0 Å². The van der Waals surface area contributed by atoms with Crippen molar-refractivity contribution in [1.82, 2.24) is 24.6 Å². The van der Waals surface area contributed by atoms with Crippen LogP contribution in [0.2, 0.25) is 5.15 Å². The largest absolute Gasteiger partial charge is 0.376 e. The minimum absolute atomic E-state index is 0.202. The molecule has 2 saturated heterocycles. The van der Waals surface area contributed by atoms with Crippen molar-refractivity contribution in [1.29, 1.82) is 0 Å². The van der Waals surface area contributed by atoms with E-state index < -0.39 is 6.43 Å². The molecule has 2 fully saturated rings. The zero-order chi connectivity index (χ0) is 21.1. The van der Waals surface area contributed by atoms with Gasteiger partial charge in [-0.3, -0.25) is 4.98 Å². The van der Waals surface area contributed by atoms with E-state index in [0.717, 1.165) is 31.8 Å². The zero-order valence-electron chi connectivity index (χ0n) is 16.3. The lowest BCUT2D eigenvalue weighted by atomic mass is 10.00. The van der Waals surface area contributed by atoms with Gasteiger partial charge < -0.3 is 9.64 Å². The van der Waals surface area contributed by atoms with Crippen LogP contribution in [-0.4, -0.2) is 50.4 Å². The number of halogens is 3. The van der Waals surface area contributed by atoms with Gasteiger partial charge in [-0.05, 0) is 24.6 Å². The molecule has 0 spiro atoms. The third kappa shape index (κ3) is 3.19. The molecule has 4 aromatic rings. The highest BCUT2D eigenvalue weighted by atomic mass is 35.5.